The zero-order valence-corrected chi connectivity index (χ0v) is 13.9. The maximum atomic E-state index is 12.8. The van der Waals surface area contributed by atoms with Gasteiger partial charge in [-0.15, -0.1) is 11.3 Å². The van der Waals surface area contributed by atoms with Crippen LogP contribution in [0.5, 0.6) is 0 Å². The first-order valence-corrected chi connectivity index (χ1v) is 8.49. The second-order valence-electron chi connectivity index (χ2n) is 5.33. The van der Waals surface area contributed by atoms with E-state index in [0.717, 1.165) is 18.1 Å². The Balaban J connectivity index is 1.89. The molecule has 1 aliphatic heterocycles. The van der Waals surface area contributed by atoms with E-state index in [1.807, 2.05) is 23.9 Å². The minimum absolute atomic E-state index is 0.0116. The first kappa shape index (κ1) is 14.3. The van der Waals surface area contributed by atoms with Gasteiger partial charge in [0.05, 0.1) is 6.04 Å². The summed E-state index contributed by atoms with van der Waals surface area (Å²) in [6.45, 7) is 2.81. The number of carbonyl (C=O) groups excluding carboxylic acids is 1. The van der Waals surface area contributed by atoms with Gasteiger partial charge in [-0.25, -0.2) is 4.98 Å². The van der Waals surface area contributed by atoms with Crippen LogP contribution in [0.2, 0.25) is 0 Å². The predicted octanol–water partition coefficient (Wildman–Crippen LogP) is 2.61. The number of thiazole rings is 1. The molecule has 0 fully saturated rings. The van der Waals surface area contributed by atoms with E-state index in [9.17, 15) is 4.79 Å². The quantitative estimate of drug-likeness (QED) is 0.923. The molecule has 1 aliphatic rings. The van der Waals surface area contributed by atoms with Gasteiger partial charge in [-0.3, -0.25) is 4.79 Å². The number of nitrogen functional groups attached to an aromatic ring is 1. The highest BCUT2D eigenvalue weighted by Crippen LogP contribution is 2.36. The van der Waals surface area contributed by atoms with Crippen LogP contribution >= 0.6 is 22.7 Å². The normalized spacial score (nSPS) is 17.7. The summed E-state index contributed by atoms with van der Waals surface area (Å²) in [6, 6.07) is 2.21. The SMILES string of the molecule is CC1c2ccsc2CCN1C(=O)c1sc(N(C)C)nc1N. The van der Waals surface area contributed by atoms with Gasteiger partial charge < -0.3 is 15.5 Å². The van der Waals surface area contributed by atoms with Crippen LogP contribution in [0.15, 0.2) is 11.4 Å². The van der Waals surface area contributed by atoms with Gasteiger partial charge >= 0.3 is 0 Å². The molecule has 0 saturated carbocycles. The van der Waals surface area contributed by atoms with E-state index >= 15 is 0 Å². The summed E-state index contributed by atoms with van der Waals surface area (Å²) < 4.78 is 0. The van der Waals surface area contributed by atoms with Crippen molar-refractivity contribution >= 4 is 39.5 Å². The van der Waals surface area contributed by atoms with Gasteiger partial charge in [0.1, 0.15) is 10.7 Å². The Bertz CT molecular complexity index is 676. The Morgan fingerprint density at radius 3 is 2.95 bits per heavy atom. The van der Waals surface area contributed by atoms with Gasteiger partial charge in [0.15, 0.2) is 5.13 Å². The van der Waals surface area contributed by atoms with E-state index in [1.165, 1.54) is 21.8 Å². The Morgan fingerprint density at radius 2 is 2.29 bits per heavy atom. The lowest BCUT2D eigenvalue weighted by Gasteiger charge is -2.33. The summed E-state index contributed by atoms with van der Waals surface area (Å²) >= 11 is 3.13. The third kappa shape index (κ3) is 2.40. The third-order valence-corrected chi connectivity index (χ3v) is 5.98. The van der Waals surface area contributed by atoms with E-state index in [4.69, 9.17) is 5.73 Å². The van der Waals surface area contributed by atoms with Crippen molar-refractivity contribution < 1.29 is 4.79 Å². The highest BCUT2D eigenvalue weighted by molar-refractivity contribution is 7.18. The number of aromatic nitrogens is 1. The maximum Gasteiger partial charge on any atom is 0.268 e. The summed E-state index contributed by atoms with van der Waals surface area (Å²) in [5.74, 6) is 0.319. The number of amides is 1. The molecule has 0 bridgehead atoms. The third-order valence-electron chi connectivity index (χ3n) is 3.76. The number of anilines is 2. The molecule has 5 nitrogen and oxygen atoms in total. The van der Waals surface area contributed by atoms with Crippen molar-refractivity contribution in [2.24, 2.45) is 0 Å². The average molecular weight is 322 g/mol. The highest BCUT2D eigenvalue weighted by Gasteiger charge is 2.31. The molecule has 0 aromatic carbocycles. The van der Waals surface area contributed by atoms with Crippen molar-refractivity contribution in [2.75, 3.05) is 31.3 Å². The first-order chi connectivity index (χ1) is 9.99. The van der Waals surface area contributed by atoms with Gasteiger partial charge in [0, 0.05) is 25.5 Å². The molecule has 7 heteroatoms. The molecule has 0 spiro atoms. The molecule has 2 N–H and O–H groups in total. The van der Waals surface area contributed by atoms with Gasteiger partial charge in [0.2, 0.25) is 0 Å². The van der Waals surface area contributed by atoms with Crippen LogP contribution in [0.1, 0.15) is 33.1 Å². The number of hydrogen-bond acceptors (Lipinski definition) is 6. The van der Waals surface area contributed by atoms with Crippen molar-refractivity contribution in [3.05, 3.63) is 26.8 Å². The van der Waals surface area contributed by atoms with Crippen molar-refractivity contribution in [3.8, 4) is 0 Å². The Kier molecular flexibility index (Phi) is 3.62. The molecule has 1 atom stereocenters. The number of nitrogens with zero attached hydrogens (tertiary/aromatic N) is 3. The molecule has 2 aromatic heterocycles. The van der Waals surface area contributed by atoms with Crippen molar-refractivity contribution in [1.29, 1.82) is 0 Å². The molecule has 112 valence electrons. The standard InChI is InChI=1S/C14H18N4OS2/c1-8-9-5-7-20-10(9)4-6-18(8)13(19)11-12(15)16-14(21-11)17(2)3/h5,7-8H,4,6,15H2,1-3H3. The van der Waals surface area contributed by atoms with Crippen LogP contribution in [-0.2, 0) is 6.42 Å². The monoisotopic (exact) mass is 322 g/mol. The van der Waals surface area contributed by atoms with Gasteiger partial charge in [-0.05, 0) is 30.4 Å². The topological polar surface area (TPSA) is 62.5 Å². The van der Waals surface area contributed by atoms with Crippen LogP contribution in [-0.4, -0.2) is 36.4 Å². The summed E-state index contributed by atoms with van der Waals surface area (Å²) in [5.41, 5.74) is 7.19. The van der Waals surface area contributed by atoms with E-state index in [1.54, 1.807) is 11.3 Å². The highest BCUT2D eigenvalue weighted by atomic mass is 32.1. The van der Waals surface area contributed by atoms with Crippen molar-refractivity contribution in [2.45, 2.75) is 19.4 Å². The van der Waals surface area contributed by atoms with Gasteiger partial charge in [-0.2, -0.15) is 0 Å². The predicted molar refractivity (Wildman–Crippen MR) is 88.3 cm³/mol. The number of fused-ring (bicyclic) bond motifs is 1. The number of hydrogen-bond donors (Lipinski definition) is 1. The fraction of sp³-hybridized carbons (Fsp3) is 0.429. The van der Waals surface area contributed by atoms with Gasteiger partial charge in [-0.1, -0.05) is 11.3 Å². The van der Waals surface area contributed by atoms with E-state index in [2.05, 4.69) is 23.4 Å². The van der Waals surface area contributed by atoms with Crippen molar-refractivity contribution in [3.63, 3.8) is 0 Å². The Hall–Kier alpha value is -1.60. The Morgan fingerprint density at radius 1 is 1.52 bits per heavy atom. The lowest BCUT2D eigenvalue weighted by atomic mass is 10.0. The summed E-state index contributed by atoms with van der Waals surface area (Å²) in [5, 5.41) is 2.86. The second kappa shape index (κ2) is 5.31. The number of thiophene rings is 1. The van der Waals surface area contributed by atoms with Crippen LogP contribution in [0.4, 0.5) is 10.9 Å². The largest absolute Gasteiger partial charge is 0.382 e. The molecule has 1 unspecified atom stereocenters. The number of rotatable bonds is 2. The molecule has 3 heterocycles. The maximum absolute atomic E-state index is 12.8. The molecular weight excluding hydrogens is 304 g/mol. The van der Waals surface area contributed by atoms with Gasteiger partial charge in [0.25, 0.3) is 5.91 Å². The Labute approximate surface area is 132 Å². The molecule has 0 saturated heterocycles. The minimum Gasteiger partial charge on any atom is -0.382 e. The summed E-state index contributed by atoms with van der Waals surface area (Å²) in [6.07, 6.45) is 0.919. The fourth-order valence-electron chi connectivity index (χ4n) is 2.58. The molecule has 1 amide bonds. The molecule has 0 radical (unpaired) electrons. The number of nitrogens with two attached hydrogens (primary N) is 1. The zero-order valence-electron chi connectivity index (χ0n) is 12.3. The van der Waals surface area contributed by atoms with E-state index in [-0.39, 0.29) is 11.9 Å². The number of carbonyl (C=O) groups is 1. The van der Waals surface area contributed by atoms with E-state index in [0.29, 0.717) is 10.7 Å². The van der Waals surface area contributed by atoms with Crippen molar-refractivity contribution in [1.82, 2.24) is 9.88 Å². The lowest BCUT2D eigenvalue weighted by Crippen LogP contribution is -2.38. The molecule has 2 aromatic rings. The fourth-order valence-corrected chi connectivity index (χ4v) is 4.41. The average Bonchev–Trinajstić information content (AvgIpc) is 3.05. The van der Waals surface area contributed by atoms with Crippen LogP contribution in [0.25, 0.3) is 0 Å². The smallest absolute Gasteiger partial charge is 0.268 e. The van der Waals surface area contributed by atoms with Crippen LogP contribution in [0, 0.1) is 0 Å². The van der Waals surface area contributed by atoms with E-state index < -0.39 is 0 Å². The minimum atomic E-state index is -0.0116. The molecule has 0 aliphatic carbocycles. The van der Waals surface area contributed by atoms with Crippen LogP contribution < -0.4 is 10.6 Å². The zero-order chi connectivity index (χ0) is 15.1. The summed E-state index contributed by atoms with van der Waals surface area (Å²) in [4.78, 5) is 22.8. The van der Waals surface area contributed by atoms with Crippen LogP contribution in [0.3, 0.4) is 0 Å². The molecule has 21 heavy (non-hydrogen) atoms. The second-order valence-corrected chi connectivity index (χ2v) is 7.31. The molecule has 3 rings (SSSR count). The molecular formula is C14H18N4OS2. The first-order valence-electron chi connectivity index (χ1n) is 6.80. The lowest BCUT2D eigenvalue weighted by molar-refractivity contribution is 0.0685. The summed E-state index contributed by atoms with van der Waals surface area (Å²) in [7, 11) is 3.79.